The standard InChI is InChI=1S/C17H15F3N4O4/c18-10-3-1-2-9(6-10)16-22-14(28-24-16)7-11(25)4-5-21-17(26)13-8-12(15(19)20)23-27-13/h1-3,6,8,11,15,25H,4-5,7H2,(H,21,26). The predicted octanol–water partition coefficient (Wildman–Crippen LogP) is 2.52. The van der Waals surface area contributed by atoms with Crippen LogP contribution in [0.2, 0.25) is 0 Å². The Labute approximate surface area is 156 Å². The molecule has 8 nitrogen and oxygen atoms in total. The van der Waals surface area contributed by atoms with Gasteiger partial charge in [0.15, 0.2) is 5.69 Å². The van der Waals surface area contributed by atoms with Crippen molar-refractivity contribution >= 4 is 5.91 Å². The monoisotopic (exact) mass is 396 g/mol. The first-order valence-corrected chi connectivity index (χ1v) is 8.22. The first kappa shape index (κ1) is 19.5. The van der Waals surface area contributed by atoms with Gasteiger partial charge in [-0.2, -0.15) is 4.98 Å². The van der Waals surface area contributed by atoms with Crippen LogP contribution in [-0.4, -0.2) is 39.0 Å². The Balaban J connectivity index is 1.47. The number of halogens is 3. The van der Waals surface area contributed by atoms with Gasteiger partial charge in [0, 0.05) is 18.2 Å². The third kappa shape index (κ3) is 4.94. The number of rotatable bonds is 8. The molecule has 0 aliphatic heterocycles. The third-order valence-corrected chi connectivity index (χ3v) is 3.70. The van der Waals surface area contributed by atoms with Crippen molar-refractivity contribution in [1.29, 1.82) is 0 Å². The van der Waals surface area contributed by atoms with E-state index in [1.165, 1.54) is 18.2 Å². The van der Waals surface area contributed by atoms with Gasteiger partial charge in [-0.25, -0.2) is 13.2 Å². The van der Waals surface area contributed by atoms with Crippen molar-refractivity contribution in [1.82, 2.24) is 20.6 Å². The summed E-state index contributed by atoms with van der Waals surface area (Å²) in [5, 5.41) is 19.2. The number of aromatic nitrogens is 3. The maximum absolute atomic E-state index is 13.2. The molecule has 1 aromatic carbocycles. The number of hydrogen-bond donors (Lipinski definition) is 2. The van der Waals surface area contributed by atoms with Crippen molar-refractivity contribution in [2.24, 2.45) is 0 Å². The lowest BCUT2D eigenvalue weighted by molar-refractivity contribution is 0.0902. The van der Waals surface area contributed by atoms with Gasteiger partial charge >= 0.3 is 0 Å². The molecule has 2 heterocycles. The molecule has 3 rings (SSSR count). The third-order valence-electron chi connectivity index (χ3n) is 3.70. The van der Waals surface area contributed by atoms with Crippen LogP contribution < -0.4 is 5.32 Å². The van der Waals surface area contributed by atoms with E-state index in [-0.39, 0.29) is 36.9 Å². The van der Waals surface area contributed by atoms with Crippen LogP contribution in [-0.2, 0) is 6.42 Å². The fraction of sp³-hybridized carbons (Fsp3) is 0.294. The van der Waals surface area contributed by atoms with Crippen molar-refractivity contribution < 1.29 is 32.1 Å². The summed E-state index contributed by atoms with van der Waals surface area (Å²) in [7, 11) is 0. The minimum Gasteiger partial charge on any atom is -0.393 e. The highest BCUT2D eigenvalue weighted by Gasteiger charge is 2.19. The SMILES string of the molecule is O=C(NCCC(O)Cc1nc(-c2cccc(F)c2)no1)c1cc(C(F)F)no1. The second kappa shape index (κ2) is 8.65. The number of benzene rings is 1. The first-order chi connectivity index (χ1) is 13.4. The summed E-state index contributed by atoms with van der Waals surface area (Å²) in [6.07, 6.45) is -3.58. The largest absolute Gasteiger partial charge is 0.393 e. The molecule has 1 amide bonds. The highest BCUT2D eigenvalue weighted by atomic mass is 19.3. The molecule has 0 spiro atoms. The van der Waals surface area contributed by atoms with Crippen LogP contribution in [0.15, 0.2) is 39.4 Å². The molecule has 0 saturated heterocycles. The van der Waals surface area contributed by atoms with Gasteiger partial charge in [-0.05, 0) is 18.6 Å². The molecule has 0 fully saturated rings. The highest BCUT2D eigenvalue weighted by Crippen LogP contribution is 2.18. The fourth-order valence-corrected chi connectivity index (χ4v) is 2.32. The van der Waals surface area contributed by atoms with E-state index >= 15 is 0 Å². The molecule has 2 N–H and O–H groups in total. The maximum Gasteiger partial charge on any atom is 0.289 e. The lowest BCUT2D eigenvalue weighted by Crippen LogP contribution is -2.27. The minimum absolute atomic E-state index is 0.0238. The number of carbonyl (C=O) groups excluding carboxylic acids is 1. The summed E-state index contributed by atoms with van der Waals surface area (Å²) >= 11 is 0. The molecule has 0 radical (unpaired) electrons. The molecular weight excluding hydrogens is 381 g/mol. The number of aliphatic hydroxyl groups excluding tert-OH is 1. The molecule has 148 valence electrons. The Bertz CT molecular complexity index is 944. The molecule has 0 aliphatic rings. The number of alkyl halides is 2. The summed E-state index contributed by atoms with van der Waals surface area (Å²) in [6, 6.07) is 6.52. The van der Waals surface area contributed by atoms with Crippen LogP contribution in [0.4, 0.5) is 13.2 Å². The van der Waals surface area contributed by atoms with Crippen molar-refractivity contribution in [3.63, 3.8) is 0 Å². The second-order valence-corrected chi connectivity index (χ2v) is 5.84. The second-order valence-electron chi connectivity index (χ2n) is 5.84. The summed E-state index contributed by atoms with van der Waals surface area (Å²) < 4.78 is 47.6. The topological polar surface area (TPSA) is 114 Å². The van der Waals surface area contributed by atoms with Gasteiger partial charge in [-0.3, -0.25) is 4.79 Å². The van der Waals surface area contributed by atoms with Gasteiger partial charge in [-0.15, -0.1) is 0 Å². The first-order valence-electron chi connectivity index (χ1n) is 8.22. The van der Waals surface area contributed by atoms with Gasteiger partial charge in [0.25, 0.3) is 12.3 Å². The quantitative estimate of drug-likeness (QED) is 0.601. The van der Waals surface area contributed by atoms with Gasteiger partial charge in [0.05, 0.1) is 12.5 Å². The summed E-state index contributed by atoms with van der Waals surface area (Å²) in [5.74, 6) is -1.17. The van der Waals surface area contributed by atoms with Crippen molar-refractivity contribution in [3.05, 3.63) is 53.5 Å². The number of amides is 1. The normalized spacial score (nSPS) is 12.3. The molecular formula is C17H15F3N4O4. The van der Waals surface area contributed by atoms with Crippen molar-refractivity contribution in [2.45, 2.75) is 25.4 Å². The number of aliphatic hydroxyl groups is 1. The number of hydrogen-bond acceptors (Lipinski definition) is 7. The molecule has 0 bridgehead atoms. The summed E-state index contributed by atoms with van der Waals surface area (Å²) in [6.45, 7) is 0.0512. The number of nitrogens with zero attached hydrogens (tertiary/aromatic N) is 3. The van der Waals surface area contributed by atoms with E-state index in [4.69, 9.17) is 4.52 Å². The average Bonchev–Trinajstić information content (AvgIpc) is 3.31. The molecule has 0 aliphatic carbocycles. The fourth-order valence-electron chi connectivity index (χ4n) is 2.32. The Morgan fingerprint density at radius 3 is 2.75 bits per heavy atom. The van der Waals surface area contributed by atoms with Crippen LogP contribution in [0, 0.1) is 5.82 Å². The van der Waals surface area contributed by atoms with E-state index in [2.05, 4.69) is 25.1 Å². The molecule has 1 atom stereocenters. The maximum atomic E-state index is 13.2. The zero-order chi connectivity index (χ0) is 20.1. The van der Waals surface area contributed by atoms with Crippen LogP contribution in [0.5, 0.6) is 0 Å². The molecule has 28 heavy (non-hydrogen) atoms. The van der Waals surface area contributed by atoms with Crippen LogP contribution >= 0.6 is 0 Å². The minimum atomic E-state index is -2.83. The Kier molecular flexibility index (Phi) is 6.04. The van der Waals surface area contributed by atoms with E-state index in [0.717, 1.165) is 6.07 Å². The smallest absolute Gasteiger partial charge is 0.289 e. The molecule has 2 aromatic heterocycles. The van der Waals surface area contributed by atoms with Crippen LogP contribution in [0.3, 0.4) is 0 Å². The summed E-state index contributed by atoms with van der Waals surface area (Å²) in [5.41, 5.74) is -0.192. The highest BCUT2D eigenvalue weighted by molar-refractivity contribution is 5.91. The van der Waals surface area contributed by atoms with E-state index < -0.39 is 29.9 Å². The average molecular weight is 396 g/mol. The summed E-state index contributed by atoms with van der Waals surface area (Å²) in [4.78, 5) is 15.9. The molecule has 3 aromatic rings. The van der Waals surface area contributed by atoms with Crippen molar-refractivity contribution in [3.8, 4) is 11.4 Å². The van der Waals surface area contributed by atoms with Crippen LogP contribution in [0.25, 0.3) is 11.4 Å². The van der Waals surface area contributed by atoms with Gasteiger partial charge in [0.1, 0.15) is 5.82 Å². The molecule has 1 unspecified atom stereocenters. The van der Waals surface area contributed by atoms with Gasteiger partial charge in [0.2, 0.25) is 17.5 Å². The van der Waals surface area contributed by atoms with Gasteiger partial charge < -0.3 is 19.5 Å². The lowest BCUT2D eigenvalue weighted by atomic mass is 10.2. The van der Waals surface area contributed by atoms with E-state index in [1.54, 1.807) is 6.07 Å². The number of nitrogens with one attached hydrogen (secondary N) is 1. The van der Waals surface area contributed by atoms with Gasteiger partial charge in [-0.1, -0.05) is 22.4 Å². The van der Waals surface area contributed by atoms with Crippen LogP contribution in [0.1, 0.15) is 35.0 Å². The van der Waals surface area contributed by atoms with E-state index in [1.807, 2.05) is 0 Å². The Morgan fingerprint density at radius 2 is 2.04 bits per heavy atom. The predicted molar refractivity (Wildman–Crippen MR) is 87.8 cm³/mol. The van der Waals surface area contributed by atoms with E-state index in [9.17, 15) is 23.1 Å². The lowest BCUT2D eigenvalue weighted by Gasteiger charge is -2.08. The van der Waals surface area contributed by atoms with Crippen molar-refractivity contribution in [2.75, 3.05) is 6.54 Å². The zero-order valence-corrected chi connectivity index (χ0v) is 14.3. The Hall–Kier alpha value is -3.21. The molecule has 11 heteroatoms. The number of carbonyl (C=O) groups is 1. The zero-order valence-electron chi connectivity index (χ0n) is 14.3. The Morgan fingerprint density at radius 1 is 1.21 bits per heavy atom. The molecule has 0 saturated carbocycles. The van der Waals surface area contributed by atoms with E-state index in [0.29, 0.717) is 5.56 Å².